The standard InChI is InChI=1S/C13H13BrN2O/c1-2-17-12-6-4-3-5-11(12)16-13-8-7-10(14)9-15-13/h3-9H,2H2,1H3,(H,15,16). The molecule has 3 nitrogen and oxygen atoms in total. The molecule has 0 fully saturated rings. The van der Waals surface area contributed by atoms with Crippen LogP contribution in [0.5, 0.6) is 5.75 Å². The molecule has 0 amide bonds. The van der Waals surface area contributed by atoms with Gasteiger partial charge in [-0.25, -0.2) is 4.98 Å². The second kappa shape index (κ2) is 5.68. The Hall–Kier alpha value is -1.55. The number of rotatable bonds is 4. The maximum absolute atomic E-state index is 5.53. The Kier molecular flexibility index (Phi) is 3.98. The smallest absolute Gasteiger partial charge is 0.142 e. The first-order chi connectivity index (χ1) is 8.29. The van der Waals surface area contributed by atoms with Gasteiger partial charge in [0.1, 0.15) is 11.6 Å². The zero-order chi connectivity index (χ0) is 12.1. The highest BCUT2D eigenvalue weighted by Crippen LogP contribution is 2.26. The Labute approximate surface area is 109 Å². The first-order valence-electron chi connectivity index (χ1n) is 5.40. The van der Waals surface area contributed by atoms with E-state index in [2.05, 4.69) is 26.2 Å². The van der Waals surface area contributed by atoms with Crippen molar-refractivity contribution in [2.24, 2.45) is 0 Å². The molecule has 0 aliphatic carbocycles. The van der Waals surface area contributed by atoms with E-state index in [0.717, 1.165) is 21.7 Å². The summed E-state index contributed by atoms with van der Waals surface area (Å²) in [5, 5.41) is 3.23. The number of hydrogen-bond acceptors (Lipinski definition) is 3. The average Bonchev–Trinajstić information content (AvgIpc) is 2.35. The SMILES string of the molecule is CCOc1ccccc1Nc1ccc(Br)cn1. The predicted molar refractivity (Wildman–Crippen MR) is 72.8 cm³/mol. The van der Waals surface area contributed by atoms with Crippen LogP contribution in [0, 0.1) is 0 Å². The summed E-state index contributed by atoms with van der Waals surface area (Å²) in [5.74, 6) is 1.63. The minimum absolute atomic E-state index is 0.645. The van der Waals surface area contributed by atoms with Crippen molar-refractivity contribution in [3.05, 3.63) is 47.1 Å². The van der Waals surface area contributed by atoms with Crippen molar-refractivity contribution in [3.63, 3.8) is 0 Å². The van der Waals surface area contributed by atoms with Gasteiger partial charge in [-0.15, -0.1) is 0 Å². The van der Waals surface area contributed by atoms with Gasteiger partial charge in [-0.1, -0.05) is 12.1 Å². The minimum Gasteiger partial charge on any atom is -0.492 e. The largest absolute Gasteiger partial charge is 0.492 e. The Bertz CT molecular complexity index is 485. The molecule has 0 radical (unpaired) electrons. The highest BCUT2D eigenvalue weighted by atomic mass is 79.9. The first kappa shape index (κ1) is 11.9. The number of para-hydroxylation sites is 2. The third-order valence-electron chi connectivity index (χ3n) is 2.18. The molecule has 88 valence electrons. The van der Waals surface area contributed by atoms with Crippen LogP contribution in [0.25, 0.3) is 0 Å². The Morgan fingerprint density at radius 3 is 2.76 bits per heavy atom. The van der Waals surface area contributed by atoms with E-state index in [1.54, 1.807) is 6.20 Å². The Morgan fingerprint density at radius 1 is 1.24 bits per heavy atom. The van der Waals surface area contributed by atoms with Crippen LogP contribution < -0.4 is 10.1 Å². The summed E-state index contributed by atoms with van der Waals surface area (Å²) < 4.78 is 6.49. The van der Waals surface area contributed by atoms with E-state index in [1.807, 2.05) is 43.3 Å². The number of ether oxygens (including phenoxy) is 1. The van der Waals surface area contributed by atoms with Crippen molar-refractivity contribution in [1.82, 2.24) is 4.98 Å². The molecule has 0 aliphatic heterocycles. The van der Waals surface area contributed by atoms with E-state index < -0.39 is 0 Å². The van der Waals surface area contributed by atoms with Gasteiger partial charge >= 0.3 is 0 Å². The summed E-state index contributed by atoms with van der Waals surface area (Å²) >= 11 is 3.36. The van der Waals surface area contributed by atoms with Crippen molar-refractivity contribution in [2.75, 3.05) is 11.9 Å². The molecule has 1 aromatic heterocycles. The van der Waals surface area contributed by atoms with Crippen molar-refractivity contribution in [2.45, 2.75) is 6.92 Å². The van der Waals surface area contributed by atoms with E-state index in [4.69, 9.17) is 4.74 Å². The van der Waals surface area contributed by atoms with Crippen LogP contribution >= 0.6 is 15.9 Å². The molecule has 0 atom stereocenters. The van der Waals surface area contributed by atoms with Gasteiger partial charge in [-0.2, -0.15) is 0 Å². The molecule has 2 aromatic rings. The van der Waals surface area contributed by atoms with Crippen LogP contribution in [0.1, 0.15) is 6.92 Å². The highest BCUT2D eigenvalue weighted by molar-refractivity contribution is 9.10. The van der Waals surface area contributed by atoms with Gasteiger partial charge in [0.05, 0.1) is 12.3 Å². The molecule has 0 bridgehead atoms. The summed E-state index contributed by atoms with van der Waals surface area (Å²) in [4.78, 5) is 4.26. The lowest BCUT2D eigenvalue weighted by Gasteiger charge is -2.11. The average molecular weight is 293 g/mol. The van der Waals surface area contributed by atoms with Gasteiger partial charge in [0.25, 0.3) is 0 Å². The molecule has 1 N–H and O–H groups in total. The molecule has 0 unspecified atom stereocenters. The summed E-state index contributed by atoms with van der Waals surface area (Å²) in [6.07, 6.45) is 1.76. The van der Waals surface area contributed by atoms with Gasteiger partial charge < -0.3 is 10.1 Å². The number of nitrogens with one attached hydrogen (secondary N) is 1. The Balaban J connectivity index is 2.20. The zero-order valence-electron chi connectivity index (χ0n) is 9.48. The Morgan fingerprint density at radius 2 is 2.06 bits per heavy atom. The summed E-state index contributed by atoms with van der Waals surface area (Å²) in [5.41, 5.74) is 0.921. The van der Waals surface area contributed by atoms with Crippen LogP contribution in [0.4, 0.5) is 11.5 Å². The molecule has 0 saturated carbocycles. The van der Waals surface area contributed by atoms with Gasteiger partial charge in [-0.3, -0.25) is 0 Å². The van der Waals surface area contributed by atoms with Gasteiger partial charge in [0, 0.05) is 10.7 Å². The lowest BCUT2D eigenvalue weighted by Crippen LogP contribution is -1.98. The molecule has 2 rings (SSSR count). The third-order valence-corrected chi connectivity index (χ3v) is 2.65. The van der Waals surface area contributed by atoms with Crippen LogP contribution in [-0.4, -0.2) is 11.6 Å². The van der Waals surface area contributed by atoms with E-state index in [-0.39, 0.29) is 0 Å². The lowest BCUT2D eigenvalue weighted by molar-refractivity contribution is 0.342. The van der Waals surface area contributed by atoms with Crippen molar-refractivity contribution >= 4 is 27.4 Å². The summed E-state index contributed by atoms with van der Waals surface area (Å²) in [6, 6.07) is 11.7. The zero-order valence-corrected chi connectivity index (χ0v) is 11.1. The van der Waals surface area contributed by atoms with Crippen LogP contribution in [0.2, 0.25) is 0 Å². The van der Waals surface area contributed by atoms with Crippen LogP contribution in [0.3, 0.4) is 0 Å². The number of nitrogens with zero attached hydrogens (tertiary/aromatic N) is 1. The maximum atomic E-state index is 5.53. The molecule has 0 spiro atoms. The number of anilines is 2. The fourth-order valence-corrected chi connectivity index (χ4v) is 1.67. The topological polar surface area (TPSA) is 34.1 Å². The summed E-state index contributed by atoms with van der Waals surface area (Å²) in [6.45, 7) is 2.61. The number of benzene rings is 1. The van der Waals surface area contributed by atoms with Crippen molar-refractivity contribution in [3.8, 4) is 5.75 Å². The monoisotopic (exact) mass is 292 g/mol. The molecule has 1 heterocycles. The van der Waals surface area contributed by atoms with E-state index in [1.165, 1.54) is 0 Å². The van der Waals surface area contributed by atoms with Gasteiger partial charge in [0.15, 0.2) is 0 Å². The quantitative estimate of drug-likeness (QED) is 0.925. The lowest BCUT2D eigenvalue weighted by atomic mass is 10.3. The van der Waals surface area contributed by atoms with E-state index >= 15 is 0 Å². The number of halogens is 1. The molecule has 17 heavy (non-hydrogen) atoms. The normalized spacial score (nSPS) is 10.0. The second-order valence-corrected chi connectivity index (χ2v) is 4.33. The molecule has 1 aromatic carbocycles. The highest BCUT2D eigenvalue weighted by Gasteiger charge is 2.02. The fraction of sp³-hybridized carbons (Fsp3) is 0.154. The molecular weight excluding hydrogens is 280 g/mol. The number of hydrogen-bond donors (Lipinski definition) is 1. The molecule has 4 heteroatoms. The van der Waals surface area contributed by atoms with Gasteiger partial charge in [-0.05, 0) is 47.1 Å². The molecule has 0 saturated heterocycles. The molecule has 0 aliphatic rings. The maximum Gasteiger partial charge on any atom is 0.142 e. The van der Waals surface area contributed by atoms with Gasteiger partial charge in [0.2, 0.25) is 0 Å². The van der Waals surface area contributed by atoms with E-state index in [0.29, 0.717) is 6.61 Å². The number of aromatic nitrogens is 1. The minimum atomic E-state index is 0.645. The van der Waals surface area contributed by atoms with Crippen molar-refractivity contribution < 1.29 is 4.74 Å². The fourth-order valence-electron chi connectivity index (χ4n) is 1.44. The molecular formula is C13H13BrN2O. The number of pyridine rings is 1. The van der Waals surface area contributed by atoms with E-state index in [9.17, 15) is 0 Å². The summed E-state index contributed by atoms with van der Waals surface area (Å²) in [7, 11) is 0. The second-order valence-electron chi connectivity index (χ2n) is 3.42. The third kappa shape index (κ3) is 3.20. The van der Waals surface area contributed by atoms with Crippen LogP contribution in [0.15, 0.2) is 47.1 Å². The van der Waals surface area contributed by atoms with Crippen molar-refractivity contribution in [1.29, 1.82) is 0 Å². The first-order valence-corrected chi connectivity index (χ1v) is 6.19. The predicted octanol–water partition coefficient (Wildman–Crippen LogP) is 3.99. The van der Waals surface area contributed by atoms with Crippen LogP contribution in [-0.2, 0) is 0 Å².